The molecule has 0 saturated carbocycles. The molecule has 1 fully saturated rings. The molecule has 1 saturated heterocycles. The topological polar surface area (TPSA) is 114 Å². The van der Waals surface area contributed by atoms with Gasteiger partial charge in [-0.25, -0.2) is 8.42 Å². The first kappa shape index (κ1) is 31.3. The maximum absolute atomic E-state index is 13.4. The fourth-order valence-electron chi connectivity index (χ4n) is 4.32. The van der Waals surface area contributed by atoms with E-state index in [1.54, 1.807) is 38.3 Å². The average molecular weight is 616 g/mol. The molecule has 2 amide bonds. The summed E-state index contributed by atoms with van der Waals surface area (Å²) in [6, 6.07) is 19.5. The van der Waals surface area contributed by atoms with Crippen LogP contribution >= 0.6 is 11.6 Å². The average Bonchev–Trinajstić information content (AvgIpc) is 3.02. The van der Waals surface area contributed by atoms with Crippen LogP contribution in [-0.2, 0) is 37.4 Å². The van der Waals surface area contributed by atoms with E-state index in [4.69, 9.17) is 25.8 Å². The second kappa shape index (κ2) is 14.5. The van der Waals surface area contributed by atoms with E-state index in [0.29, 0.717) is 42.8 Å². The largest absolute Gasteiger partial charge is 0.497 e. The van der Waals surface area contributed by atoms with E-state index in [1.807, 2.05) is 24.3 Å². The van der Waals surface area contributed by atoms with E-state index in [0.717, 1.165) is 11.1 Å². The zero-order valence-corrected chi connectivity index (χ0v) is 25.1. The number of sulfonamides is 1. The second-order valence-electron chi connectivity index (χ2n) is 9.67. The third-order valence-electron chi connectivity index (χ3n) is 6.85. The monoisotopic (exact) mass is 615 g/mol. The number of hydrogen-bond acceptors (Lipinski definition) is 7. The summed E-state index contributed by atoms with van der Waals surface area (Å²) < 4.78 is 43.3. The van der Waals surface area contributed by atoms with Crippen molar-refractivity contribution in [2.75, 3.05) is 40.0 Å². The minimum atomic E-state index is -3.65. The van der Waals surface area contributed by atoms with Gasteiger partial charge in [0.2, 0.25) is 15.9 Å². The smallest absolute Gasteiger partial charge is 0.261 e. The first-order valence-electron chi connectivity index (χ1n) is 13.4. The Morgan fingerprint density at radius 1 is 0.952 bits per heavy atom. The lowest BCUT2D eigenvalue weighted by Gasteiger charge is -2.29. The molecule has 0 aromatic heterocycles. The molecule has 4 rings (SSSR count). The first-order chi connectivity index (χ1) is 20.2. The molecule has 1 aliphatic heterocycles. The van der Waals surface area contributed by atoms with Gasteiger partial charge < -0.3 is 24.4 Å². The normalized spacial score (nSPS) is 14.5. The molecule has 0 radical (unpaired) electrons. The second-order valence-corrected chi connectivity index (χ2v) is 12.0. The van der Waals surface area contributed by atoms with Gasteiger partial charge in [0, 0.05) is 31.2 Å². The van der Waals surface area contributed by atoms with Crippen LogP contribution in [0.5, 0.6) is 11.5 Å². The summed E-state index contributed by atoms with van der Waals surface area (Å²) in [5, 5.41) is 3.47. The van der Waals surface area contributed by atoms with E-state index in [9.17, 15) is 18.0 Å². The van der Waals surface area contributed by atoms with Crippen LogP contribution in [0.2, 0.25) is 5.02 Å². The van der Waals surface area contributed by atoms with E-state index < -0.39 is 22.0 Å². The molecule has 42 heavy (non-hydrogen) atoms. The third-order valence-corrected chi connectivity index (χ3v) is 9.02. The van der Waals surface area contributed by atoms with Gasteiger partial charge in [-0.3, -0.25) is 9.59 Å². The number of nitrogens with one attached hydrogen (secondary N) is 1. The Morgan fingerprint density at radius 3 is 2.17 bits per heavy atom. The predicted octanol–water partition coefficient (Wildman–Crippen LogP) is 3.48. The van der Waals surface area contributed by atoms with Crippen LogP contribution in [0.3, 0.4) is 0 Å². The number of carbonyl (C=O) groups is 2. The van der Waals surface area contributed by atoms with Gasteiger partial charge in [-0.05, 0) is 66.6 Å². The van der Waals surface area contributed by atoms with Crippen LogP contribution in [0, 0.1) is 0 Å². The lowest BCUT2D eigenvalue weighted by atomic mass is 10.1. The molecule has 0 aliphatic carbocycles. The Morgan fingerprint density at radius 2 is 1.55 bits per heavy atom. The fourth-order valence-corrected chi connectivity index (χ4v) is 5.86. The van der Waals surface area contributed by atoms with Gasteiger partial charge in [-0.15, -0.1) is 0 Å². The summed E-state index contributed by atoms with van der Waals surface area (Å²) in [5.74, 6) is 0.260. The molecule has 1 heterocycles. The molecule has 1 atom stereocenters. The number of halogens is 1. The maximum Gasteiger partial charge on any atom is 0.261 e. The van der Waals surface area contributed by atoms with Crippen molar-refractivity contribution >= 4 is 33.4 Å². The van der Waals surface area contributed by atoms with Crippen molar-refractivity contribution in [2.24, 2.45) is 0 Å². The first-order valence-corrected chi connectivity index (χ1v) is 15.2. The molecule has 3 aromatic carbocycles. The summed E-state index contributed by atoms with van der Waals surface area (Å²) in [7, 11) is -2.08. The number of nitrogens with zero attached hydrogens (tertiary/aromatic N) is 2. The Hall–Kier alpha value is -3.64. The standard InChI is InChI=1S/C30H34ClN3O7S/c1-22(30(36)32-19-23-3-7-25(31)8-4-23)34(20-24-5-9-26(39-2)10-6-24)29(35)21-41-27-11-13-28(14-12-27)42(37,38)33-15-17-40-18-16-33/h3-14,22H,15-21H2,1-2H3,(H,32,36)/t22-/m0/s1. The Kier molecular flexibility index (Phi) is 10.8. The number of hydrogen-bond donors (Lipinski definition) is 1. The van der Waals surface area contributed by atoms with Crippen molar-refractivity contribution in [3.63, 3.8) is 0 Å². The van der Waals surface area contributed by atoms with Crippen molar-refractivity contribution < 1.29 is 32.2 Å². The van der Waals surface area contributed by atoms with Crippen molar-refractivity contribution in [3.8, 4) is 11.5 Å². The molecule has 1 aliphatic rings. The van der Waals surface area contributed by atoms with Crippen LogP contribution in [-0.4, -0.2) is 75.5 Å². The van der Waals surface area contributed by atoms with Gasteiger partial charge in [0.05, 0.1) is 25.2 Å². The lowest BCUT2D eigenvalue weighted by Crippen LogP contribution is -2.48. The van der Waals surface area contributed by atoms with E-state index in [2.05, 4.69) is 5.32 Å². The Bertz CT molecular complexity index is 1440. The van der Waals surface area contributed by atoms with Gasteiger partial charge >= 0.3 is 0 Å². The van der Waals surface area contributed by atoms with Crippen LogP contribution < -0.4 is 14.8 Å². The number of morpholine rings is 1. The zero-order valence-electron chi connectivity index (χ0n) is 23.5. The Labute approximate surface area is 251 Å². The molecular formula is C30H34ClN3O7S. The quantitative estimate of drug-likeness (QED) is 0.332. The van der Waals surface area contributed by atoms with Crippen molar-refractivity contribution in [1.29, 1.82) is 0 Å². The Balaban J connectivity index is 1.42. The van der Waals surface area contributed by atoms with Crippen molar-refractivity contribution in [3.05, 3.63) is 88.9 Å². The number of ether oxygens (including phenoxy) is 3. The molecule has 12 heteroatoms. The number of rotatable bonds is 12. The maximum atomic E-state index is 13.4. The summed E-state index contributed by atoms with van der Waals surface area (Å²) in [4.78, 5) is 28.1. The SMILES string of the molecule is COc1ccc(CN(C(=O)COc2ccc(S(=O)(=O)N3CCOCC3)cc2)[C@@H](C)C(=O)NCc2ccc(Cl)cc2)cc1. The van der Waals surface area contributed by atoms with E-state index in [1.165, 1.54) is 33.5 Å². The van der Waals surface area contributed by atoms with Crippen LogP contribution in [0.25, 0.3) is 0 Å². The van der Waals surface area contributed by atoms with E-state index >= 15 is 0 Å². The van der Waals surface area contributed by atoms with Crippen molar-refractivity contribution in [2.45, 2.75) is 31.0 Å². The van der Waals surface area contributed by atoms with Crippen LogP contribution in [0.1, 0.15) is 18.1 Å². The summed E-state index contributed by atoms with van der Waals surface area (Å²) in [6.45, 7) is 3.05. The molecule has 10 nitrogen and oxygen atoms in total. The van der Waals surface area contributed by atoms with Crippen molar-refractivity contribution in [1.82, 2.24) is 14.5 Å². The van der Waals surface area contributed by atoms with E-state index in [-0.39, 0.29) is 30.5 Å². The molecule has 0 unspecified atom stereocenters. The predicted molar refractivity (Wildman–Crippen MR) is 158 cm³/mol. The number of benzene rings is 3. The highest BCUT2D eigenvalue weighted by molar-refractivity contribution is 7.89. The van der Waals surface area contributed by atoms with Gasteiger partial charge in [-0.1, -0.05) is 35.9 Å². The highest BCUT2D eigenvalue weighted by Crippen LogP contribution is 2.21. The van der Waals surface area contributed by atoms with Gasteiger partial charge in [0.15, 0.2) is 6.61 Å². The third kappa shape index (κ3) is 8.22. The number of amides is 2. The summed E-state index contributed by atoms with van der Waals surface area (Å²) in [5.41, 5.74) is 1.68. The zero-order chi connectivity index (χ0) is 30.1. The molecule has 0 spiro atoms. The highest BCUT2D eigenvalue weighted by atomic mass is 35.5. The lowest BCUT2D eigenvalue weighted by molar-refractivity contribution is -0.142. The highest BCUT2D eigenvalue weighted by Gasteiger charge is 2.28. The van der Waals surface area contributed by atoms with Gasteiger partial charge in [0.1, 0.15) is 17.5 Å². The summed E-state index contributed by atoms with van der Waals surface area (Å²) in [6.07, 6.45) is 0. The van der Waals surface area contributed by atoms with Gasteiger partial charge in [-0.2, -0.15) is 4.31 Å². The van der Waals surface area contributed by atoms with Gasteiger partial charge in [0.25, 0.3) is 5.91 Å². The molecule has 0 bridgehead atoms. The summed E-state index contributed by atoms with van der Waals surface area (Å²) >= 11 is 5.95. The number of methoxy groups -OCH3 is 1. The minimum Gasteiger partial charge on any atom is -0.497 e. The minimum absolute atomic E-state index is 0.134. The molecule has 1 N–H and O–H groups in total. The van der Waals surface area contributed by atoms with Crippen LogP contribution in [0.15, 0.2) is 77.7 Å². The molecule has 3 aromatic rings. The fraction of sp³-hybridized carbons (Fsp3) is 0.333. The molecular weight excluding hydrogens is 582 g/mol. The number of carbonyl (C=O) groups excluding carboxylic acids is 2. The molecule has 224 valence electrons. The van der Waals surface area contributed by atoms with Crippen LogP contribution in [0.4, 0.5) is 0 Å².